The summed E-state index contributed by atoms with van der Waals surface area (Å²) in [7, 11) is 0. The molecule has 4 heteroatoms. The first kappa shape index (κ1) is 13.7. The molecule has 0 aliphatic rings. The maximum atomic E-state index is 13.2. The summed E-state index contributed by atoms with van der Waals surface area (Å²) in [6.45, 7) is 5.77. The van der Waals surface area contributed by atoms with Crippen molar-refractivity contribution in [2.24, 2.45) is 0 Å². The van der Waals surface area contributed by atoms with E-state index in [0.29, 0.717) is 11.3 Å². The SMILES string of the molecule is CCNCCCc1ncc(-c2ccc(F)c(C)c2)o1. The third-order valence-electron chi connectivity index (χ3n) is 2.99. The van der Waals surface area contributed by atoms with Gasteiger partial charge in [0.1, 0.15) is 5.82 Å². The van der Waals surface area contributed by atoms with E-state index in [-0.39, 0.29) is 5.82 Å². The van der Waals surface area contributed by atoms with Gasteiger partial charge >= 0.3 is 0 Å². The minimum atomic E-state index is -0.200. The molecule has 1 aromatic heterocycles. The molecule has 1 aromatic carbocycles. The van der Waals surface area contributed by atoms with Crippen molar-refractivity contribution in [3.05, 3.63) is 41.7 Å². The smallest absolute Gasteiger partial charge is 0.194 e. The summed E-state index contributed by atoms with van der Waals surface area (Å²) in [6.07, 6.45) is 3.51. The van der Waals surface area contributed by atoms with Gasteiger partial charge in [0.25, 0.3) is 0 Å². The summed E-state index contributed by atoms with van der Waals surface area (Å²) >= 11 is 0. The van der Waals surface area contributed by atoms with Gasteiger partial charge in [-0.3, -0.25) is 0 Å². The summed E-state index contributed by atoms with van der Waals surface area (Å²) in [5.41, 5.74) is 1.48. The van der Waals surface area contributed by atoms with Crippen molar-refractivity contribution in [2.75, 3.05) is 13.1 Å². The first-order chi connectivity index (χ1) is 9.20. The van der Waals surface area contributed by atoms with Crippen LogP contribution in [0.4, 0.5) is 4.39 Å². The van der Waals surface area contributed by atoms with Gasteiger partial charge in [-0.25, -0.2) is 9.37 Å². The number of rotatable bonds is 6. The van der Waals surface area contributed by atoms with Gasteiger partial charge in [-0.05, 0) is 50.2 Å². The van der Waals surface area contributed by atoms with Gasteiger partial charge in [0.2, 0.25) is 0 Å². The molecule has 1 N–H and O–H groups in total. The maximum absolute atomic E-state index is 13.2. The third-order valence-corrected chi connectivity index (χ3v) is 2.99. The highest BCUT2D eigenvalue weighted by Crippen LogP contribution is 2.23. The van der Waals surface area contributed by atoms with Gasteiger partial charge in [-0.2, -0.15) is 0 Å². The van der Waals surface area contributed by atoms with Crippen molar-refractivity contribution >= 4 is 0 Å². The molecule has 0 fully saturated rings. The van der Waals surface area contributed by atoms with E-state index in [1.54, 1.807) is 25.3 Å². The van der Waals surface area contributed by atoms with Gasteiger partial charge in [0.15, 0.2) is 11.7 Å². The van der Waals surface area contributed by atoms with E-state index in [4.69, 9.17) is 4.42 Å². The molecule has 0 saturated carbocycles. The van der Waals surface area contributed by atoms with Crippen LogP contribution in [0.25, 0.3) is 11.3 Å². The van der Waals surface area contributed by atoms with Crippen LogP contribution in [-0.4, -0.2) is 18.1 Å². The molecule has 2 aromatic rings. The van der Waals surface area contributed by atoms with E-state index in [9.17, 15) is 4.39 Å². The lowest BCUT2D eigenvalue weighted by Gasteiger charge is -2.00. The van der Waals surface area contributed by atoms with Crippen LogP contribution in [0.5, 0.6) is 0 Å². The molecule has 0 spiro atoms. The predicted octanol–water partition coefficient (Wildman–Crippen LogP) is 3.33. The number of aryl methyl sites for hydroxylation is 2. The standard InChI is InChI=1S/C15H19FN2O/c1-3-17-8-4-5-15-18-10-14(19-15)12-6-7-13(16)11(2)9-12/h6-7,9-10,17H,3-5,8H2,1-2H3. The second kappa shape index (κ2) is 6.48. The number of hydrogen-bond donors (Lipinski definition) is 1. The van der Waals surface area contributed by atoms with E-state index >= 15 is 0 Å². The maximum Gasteiger partial charge on any atom is 0.194 e. The highest BCUT2D eigenvalue weighted by atomic mass is 19.1. The number of oxazole rings is 1. The number of hydrogen-bond acceptors (Lipinski definition) is 3. The van der Waals surface area contributed by atoms with E-state index in [0.717, 1.165) is 37.4 Å². The molecule has 0 aliphatic carbocycles. The minimum absolute atomic E-state index is 0.200. The summed E-state index contributed by atoms with van der Waals surface area (Å²) in [6, 6.07) is 4.95. The molecule has 0 aliphatic heterocycles. The Kier molecular flexibility index (Phi) is 4.68. The van der Waals surface area contributed by atoms with Crippen LogP contribution in [0, 0.1) is 12.7 Å². The predicted molar refractivity (Wildman–Crippen MR) is 73.5 cm³/mol. The monoisotopic (exact) mass is 262 g/mol. The topological polar surface area (TPSA) is 38.1 Å². The van der Waals surface area contributed by atoms with Crippen molar-refractivity contribution in [1.29, 1.82) is 0 Å². The molecule has 1 heterocycles. The van der Waals surface area contributed by atoms with Gasteiger partial charge in [0, 0.05) is 12.0 Å². The Labute approximate surface area is 112 Å². The van der Waals surface area contributed by atoms with Crippen LogP contribution < -0.4 is 5.32 Å². The van der Waals surface area contributed by atoms with E-state index in [1.165, 1.54) is 6.07 Å². The van der Waals surface area contributed by atoms with Gasteiger partial charge in [-0.15, -0.1) is 0 Å². The molecule has 2 rings (SSSR count). The van der Waals surface area contributed by atoms with Crippen molar-refractivity contribution in [3.63, 3.8) is 0 Å². The molecule has 19 heavy (non-hydrogen) atoms. The van der Waals surface area contributed by atoms with Crippen LogP contribution in [0.2, 0.25) is 0 Å². The molecular weight excluding hydrogens is 243 g/mol. The highest BCUT2D eigenvalue weighted by molar-refractivity contribution is 5.57. The van der Waals surface area contributed by atoms with E-state index in [2.05, 4.69) is 17.2 Å². The van der Waals surface area contributed by atoms with Crippen LogP contribution in [-0.2, 0) is 6.42 Å². The van der Waals surface area contributed by atoms with Crippen LogP contribution in [0.15, 0.2) is 28.8 Å². The summed E-state index contributed by atoms with van der Waals surface area (Å²) in [5, 5.41) is 3.26. The van der Waals surface area contributed by atoms with Crippen LogP contribution in [0.1, 0.15) is 24.8 Å². The number of halogens is 1. The zero-order valence-corrected chi connectivity index (χ0v) is 11.4. The average molecular weight is 262 g/mol. The summed E-state index contributed by atoms with van der Waals surface area (Å²) in [4.78, 5) is 4.25. The Morgan fingerprint density at radius 3 is 2.95 bits per heavy atom. The lowest BCUT2D eigenvalue weighted by atomic mass is 10.1. The Morgan fingerprint density at radius 1 is 1.37 bits per heavy atom. The summed E-state index contributed by atoms with van der Waals surface area (Å²) < 4.78 is 18.9. The fourth-order valence-corrected chi connectivity index (χ4v) is 1.90. The first-order valence-corrected chi connectivity index (χ1v) is 6.62. The van der Waals surface area contributed by atoms with Gasteiger partial charge in [0.05, 0.1) is 6.20 Å². The largest absolute Gasteiger partial charge is 0.441 e. The number of nitrogens with one attached hydrogen (secondary N) is 1. The zero-order valence-electron chi connectivity index (χ0n) is 11.4. The third kappa shape index (κ3) is 3.64. The van der Waals surface area contributed by atoms with Gasteiger partial charge < -0.3 is 9.73 Å². The molecular formula is C15H19FN2O. The zero-order chi connectivity index (χ0) is 13.7. The lowest BCUT2D eigenvalue weighted by molar-refractivity contribution is 0.493. The number of benzene rings is 1. The average Bonchev–Trinajstić information content (AvgIpc) is 2.87. The fraction of sp³-hybridized carbons (Fsp3) is 0.400. The molecule has 0 radical (unpaired) electrons. The Hall–Kier alpha value is -1.68. The van der Waals surface area contributed by atoms with Crippen molar-refractivity contribution < 1.29 is 8.81 Å². The molecule has 0 bridgehead atoms. The minimum Gasteiger partial charge on any atom is -0.441 e. The van der Waals surface area contributed by atoms with E-state index < -0.39 is 0 Å². The molecule has 0 amide bonds. The normalized spacial score (nSPS) is 10.9. The van der Waals surface area contributed by atoms with Crippen molar-refractivity contribution in [1.82, 2.24) is 10.3 Å². The Morgan fingerprint density at radius 2 is 2.21 bits per heavy atom. The molecule has 3 nitrogen and oxygen atoms in total. The van der Waals surface area contributed by atoms with Gasteiger partial charge in [-0.1, -0.05) is 6.92 Å². The first-order valence-electron chi connectivity index (χ1n) is 6.62. The molecule has 0 unspecified atom stereocenters. The molecule has 0 atom stereocenters. The molecule has 102 valence electrons. The second-order valence-corrected chi connectivity index (χ2v) is 4.54. The van der Waals surface area contributed by atoms with Crippen LogP contribution in [0.3, 0.4) is 0 Å². The second-order valence-electron chi connectivity index (χ2n) is 4.54. The highest BCUT2D eigenvalue weighted by Gasteiger charge is 2.07. The number of nitrogens with zero attached hydrogens (tertiary/aromatic N) is 1. The summed E-state index contributed by atoms with van der Waals surface area (Å²) in [5.74, 6) is 1.23. The Balaban J connectivity index is 2.01. The van der Waals surface area contributed by atoms with Crippen LogP contribution >= 0.6 is 0 Å². The fourth-order valence-electron chi connectivity index (χ4n) is 1.90. The van der Waals surface area contributed by atoms with Crippen molar-refractivity contribution in [3.8, 4) is 11.3 Å². The quantitative estimate of drug-likeness (QED) is 0.811. The molecule has 0 saturated heterocycles. The Bertz CT molecular complexity index is 537. The van der Waals surface area contributed by atoms with Crippen molar-refractivity contribution in [2.45, 2.75) is 26.7 Å². The number of aromatic nitrogens is 1. The lowest BCUT2D eigenvalue weighted by Crippen LogP contribution is -2.14. The van der Waals surface area contributed by atoms with E-state index in [1.807, 2.05) is 0 Å².